The van der Waals surface area contributed by atoms with Crippen LogP contribution < -0.4 is 5.73 Å². The summed E-state index contributed by atoms with van der Waals surface area (Å²) in [7, 11) is 0. The van der Waals surface area contributed by atoms with Crippen LogP contribution in [0.25, 0.3) is 0 Å². The van der Waals surface area contributed by atoms with Gasteiger partial charge < -0.3 is 15.7 Å². The second-order valence-electron chi connectivity index (χ2n) is 4.35. The van der Waals surface area contributed by atoms with E-state index in [-0.39, 0.29) is 24.1 Å². The van der Waals surface area contributed by atoms with E-state index in [0.717, 1.165) is 17.2 Å². The normalized spacial score (nSPS) is 11.5. The largest absolute Gasteiger partial charge is 0.392 e. The molecular weight excluding hydrogens is 295 g/mol. The van der Waals surface area contributed by atoms with Crippen molar-refractivity contribution in [3.8, 4) is 0 Å². The first kappa shape index (κ1) is 15.3. The average Bonchev–Trinajstić information content (AvgIpc) is 2.47. The Morgan fingerprint density at radius 3 is 2.48 bits per heavy atom. The van der Waals surface area contributed by atoms with Gasteiger partial charge in [-0.2, -0.15) is 0 Å². The van der Waals surface area contributed by atoms with Crippen molar-refractivity contribution in [1.29, 1.82) is 0 Å². The van der Waals surface area contributed by atoms with Crippen LogP contribution in [-0.4, -0.2) is 10.9 Å². The lowest BCUT2D eigenvalue weighted by molar-refractivity contribution is 0.130. The minimum Gasteiger partial charge on any atom is -0.392 e. The topological polar surface area (TPSA) is 67.8 Å². The number of nitrogens with zero attached hydrogens (tertiary/aromatic N) is 1. The summed E-state index contributed by atoms with van der Waals surface area (Å²) >= 11 is 5.87. The van der Waals surface area contributed by atoms with Gasteiger partial charge in [0, 0.05) is 5.56 Å². The van der Waals surface area contributed by atoms with Crippen LogP contribution in [0.1, 0.15) is 16.7 Å². The van der Waals surface area contributed by atoms with Gasteiger partial charge in [-0.1, -0.05) is 41.0 Å². The summed E-state index contributed by atoms with van der Waals surface area (Å²) in [6.07, 6.45) is 0. The molecule has 3 N–H and O–H groups in total. The summed E-state index contributed by atoms with van der Waals surface area (Å²) in [5.74, 6) is -0.367. The van der Waals surface area contributed by atoms with E-state index >= 15 is 0 Å². The highest BCUT2D eigenvalue weighted by molar-refractivity contribution is 6.34. The quantitative estimate of drug-likeness (QED) is 0.507. The van der Waals surface area contributed by atoms with Crippen LogP contribution in [-0.2, 0) is 18.1 Å². The molecule has 0 atom stereocenters. The molecule has 0 aliphatic heterocycles. The minimum absolute atomic E-state index is 0.00466. The molecule has 0 bridgehead atoms. The lowest BCUT2D eigenvalue weighted by Crippen LogP contribution is -2.14. The van der Waals surface area contributed by atoms with Crippen LogP contribution in [0.15, 0.2) is 47.6 Å². The summed E-state index contributed by atoms with van der Waals surface area (Å²) < 4.78 is 12.9. The number of halogens is 2. The van der Waals surface area contributed by atoms with Crippen LogP contribution in [0, 0.1) is 5.82 Å². The van der Waals surface area contributed by atoms with E-state index in [1.807, 2.05) is 12.1 Å². The summed E-state index contributed by atoms with van der Waals surface area (Å²) in [5, 5.41) is 12.9. The van der Waals surface area contributed by atoms with Gasteiger partial charge in [-0.25, -0.2) is 4.39 Å². The van der Waals surface area contributed by atoms with Gasteiger partial charge in [-0.15, -0.1) is 0 Å². The molecule has 0 fully saturated rings. The maximum atomic E-state index is 12.9. The van der Waals surface area contributed by atoms with Gasteiger partial charge in [0.25, 0.3) is 0 Å². The van der Waals surface area contributed by atoms with Crippen molar-refractivity contribution in [3.05, 3.63) is 70.0 Å². The predicted molar refractivity (Wildman–Crippen MR) is 79.3 cm³/mol. The van der Waals surface area contributed by atoms with Gasteiger partial charge >= 0.3 is 0 Å². The third kappa shape index (κ3) is 4.18. The molecule has 21 heavy (non-hydrogen) atoms. The zero-order valence-electron chi connectivity index (χ0n) is 11.1. The van der Waals surface area contributed by atoms with E-state index in [9.17, 15) is 4.39 Å². The number of aliphatic hydroxyl groups is 1. The summed E-state index contributed by atoms with van der Waals surface area (Å²) in [4.78, 5) is 5.14. The highest BCUT2D eigenvalue weighted by Crippen LogP contribution is 2.17. The fourth-order valence-corrected chi connectivity index (χ4v) is 1.93. The number of hydrogen-bond acceptors (Lipinski definition) is 3. The number of nitrogens with two attached hydrogens (primary N) is 1. The number of aliphatic hydroxyl groups excluding tert-OH is 1. The molecule has 2 aromatic rings. The van der Waals surface area contributed by atoms with Gasteiger partial charge in [0.15, 0.2) is 5.84 Å². The maximum Gasteiger partial charge on any atom is 0.171 e. The van der Waals surface area contributed by atoms with Crippen molar-refractivity contribution in [2.45, 2.75) is 13.2 Å². The van der Waals surface area contributed by atoms with Crippen molar-refractivity contribution in [3.63, 3.8) is 0 Å². The Balaban J connectivity index is 1.99. The SMILES string of the molecule is N/C(=N/OCc1ccc(CO)cc1)c1ccc(F)cc1Cl. The second-order valence-corrected chi connectivity index (χ2v) is 4.76. The second kappa shape index (κ2) is 7.06. The minimum atomic E-state index is -0.443. The number of benzene rings is 2. The van der Waals surface area contributed by atoms with Gasteiger partial charge in [0.1, 0.15) is 12.4 Å². The molecule has 0 saturated carbocycles. The predicted octanol–water partition coefficient (Wildman–Crippen LogP) is 2.81. The molecule has 0 unspecified atom stereocenters. The van der Waals surface area contributed by atoms with E-state index in [0.29, 0.717) is 5.56 Å². The first-order valence-electron chi connectivity index (χ1n) is 6.19. The Labute approximate surface area is 126 Å². The smallest absolute Gasteiger partial charge is 0.171 e. The van der Waals surface area contributed by atoms with E-state index in [1.54, 1.807) is 12.1 Å². The molecule has 0 spiro atoms. The van der Waals surface area contributed by atoms with Crippen molar-refractivity contribution in [1.82, 2.24) is 0 Å². The number of rotatable bonds is 5. The standard InChI is InChI=1S/C15H14ClFN2O2/c16-14-7-12(17)5-6-13(14)15(18)19-21-9-11-3-1-10(8-20)2-4-11/h1-7,20H,8-9H2,(H2,18,19). The average molecular weight is 309 g/mol. The maximum absolute atomic E-state index is 12.9. The van der Waals surface area contributed by atoms with Crippen molar-refractivity contribution in [2.24, 2.45) is 10.9 Å². The summed E-state index contributed by atoms with van der Waals surface area (Å²) in [6, 6.07) is 11.1. The van der Waals surface area contributed by atoms with Crippen LogP contribution >= 0.6 is 11.6 Å². The van der Waals surface area contributed by atoms with Crippen LogP contribution in [0.3, 0.4) is 0 Å². The lowest BCUT2D eigenvalue weighted by atomic mass is 10.1. The Bertz CT molecular complexity index is 645. The van der Waals surface area contributed by atoms with Crippen LogP contribution in [0.2, 0.25) is 5.02 Å². The Morgan fingerprint density at radius 2 is 1.86 bits per heavy atom. The molecule has 0 aliphatic rings. The molecule has 2 rings (SSSR count). The Hall–Kier alpha value is -2.11. The first-order chi connectivity index (χ1) is 10.1. The van der Waals surface area contributed by atoms with Gasteiger partial charge in [0.05, 0.1) is 11.6 Å². The molecule has 2 aromatic carbocycles. The highest BCUT2D eigenvalue weighted by Gasteiger charge is 2.06. The number of hydrogen-bond donors (Lipinski definition) is 2. The van der Waals surface area contributed by atoms with Crippen LogP contribution in [0.4, 0.5) is 4.39 Å². The fraction of sp³-hybridized carbons (Fsp3) is 0.133. The molecular formula is C15H14ClFN2O2. The number of oxime groups is 1. The van der Waals surface area contributed by atoms with Crippen molar-refractivity contribution >= 4 is 17.4 Å². The van der Waals surface area contributed by atoms with E-state index < -0.39 is 5.82 Å². The monoisotopic (exact) mass is 308 g/mol. The zero-order chi connectivity index (χ0) is 15.2. The Morgan fingerprint density at radius 1 is 1.19 bits per heavy atom. The molecule has 0 aliphatic carbocycles. The Kier molecular flexibility index (Phi) is 5.14. The summed E-state index contributed by atoms with van der Waals surface area (Å²) in [5.41, 5.74) is 7.85. The van der Waals surface area contributed by atoms with Gasteiger partial charge in [0.2, 0.25) is 0 Å². The molecule has 0 saturated heterocycles. The number of amidine groups is 1. The zero-order valence-corrected chi connectivity index (χ0v) is 11.8. The molecule has 0 amide bonds. The summed E-state index contributed by atoms with van der Waals surface area (Å²) in [6.45, 7) is 0.223. The molecule has 4 nitrogen and oxygen atoms in total. The molecule has 0 aromatic heterocycles. The first-order valence-corrected chi connectivity index (χ1v) is 6.57. The highest BCUT2D eigenvalue weighted by atomic mass is 35.5. The molecule has 6 heteroatoms. The van der Waals surface area contributed by atoms with Gasteiger partial charge in [-0.3, -0.25) is 0 Å². The molecule has 0 radical (unpaired) electrons. The van der Waals surface area contributed by atoms with Crippen molar-refractivity contribution < 1.29 is 14.3 Å². The fourth-order valence-electron chi connectivity index (χ4n) is 1.66. The van der Waals surface area contributed by atoms with E-state index in [4.69, 9.17) is 27.3 Å². The van der Waals surface area contributed by atoms with E-state index in [1.165, 1.54) is 12.1 Å². The van der Waals surface area contributed by atoms with E-state index in [2.05, 4.69) is 5.16 Å². The third-order valence-electron chi connectivity index (χ3n) is 2.81. The lowest BCUT2D eigenvalue weighted by Gasteiger charge is -2.05. The molecule has 0 heterocycles. The molecule has 110 valence electrons. The van der Waals surface area contributed by atoms with Gasteiger partial charge in [-0.05, 0) is 29.3 Å². The van der Waals surface area contributed by atoms with Crippen LogP contribution in [0.5, 0.6) is 0 Å². The third-order valence-corrected chi connectivity index (χ3v) is 3.12. The van der Waals surface area contributed by atoms with Crippen molar-refractivity contribution in [2.75, 3.05) is 0 Å².